The van der Waals surface area contributed by atoms with E-state index in [9.17, 15) is 9.59 Å². The lowest BCUT2D eigenvalue weighted by Crippen LogP contribution is -2.42. The van der Waals surface area contributed by atoms with Crippen molar-refractivity contribution < 1.29 is 23.5 Å². The van der Waals surface area contributed by atoms with E-state index in [2.05, 4.69) is 0 Å². The molecule has 5 nitrogen and oxygen atoms in total. The van der Waals surface area contributed by atoms with Gasteiger partial charge < -0.3 is 13.9 Å². The molecule has 0 unspecified atom stereocenters. The van der Waals surface area contributed by atoms with Crippen LogP contribution in [0.2, 0.25) is 11.6 Å². The van der Waals surface area contributed by atoms with Crippen molar-refractivity contribution in [1.29, 1.82) is 0 Å². The summed E-state index contributed by atoms with van der Waals surface area (Å²) in [5.74, 6) is -0.302. The molecule has 0 amide bonds. The minimum absolute atomic E-state index is 0.181. The van der Waals surface area contributed by atoms with Crippen LogP contribution < -0.4 is 0 Å². The van der Waals surface area contributed by atoms with Crippen LogP contribution in [0.1, 0.15) is 104 Å². The summed E-state index contributed by atoms with van der Waals surface area (Å²) in [6.07, 6.45) is 16.0. The Morgan fingerprint density at radius 2 is 0.889 bits per heavy atom. The van der Waals surface area contributed by atoms with Gasteiger partial charge in [0.2, 0.25) is 0 Å². The van der Waals surface area contributed by atoms with Crippen LogP contribution in [0.25, 0.3) is 0 Å². The van der Waals surface area contributed by atoms with Gasteiger partial charge in [-0.15, -0.1) is 0 Å². The van der Waals surface area contributed by atoms with Crippen molar-refractivity contribution in [3.63, 3.8) is 0 Å². The quantitative estimate of drug-likeness (QED) is 0.585. The van der Waals surface area contributed by atoms with Gasteiger partial charge >= 0.3 is 14.2 Å². The molecule has 0 atom stereocenters. The molecule has 0 bridgehead atoms. The first-order chi connectivity index (χ1) is 13.1. The molecule has 7 heteroatoms. The molecule has 27 heavy (non-hydrogen) atoms. The van der Waals surface area contributed by atoms with Gasteiger partial charge in [0.25, 0.3) is 11.9 Å². The van der Waals surface area contributed by atoms with Crippen LogP contribution in [0.3, 0.4) is 0 Å². The minimum Gasteiger partial charge on any atom is -0.510 e. The first-order valence-electron chi connectivity index (χ1n) is 11.1. The van der Waals surface area contributed by atoms with E-state index in [0.29, 0.717) is 0 Å². The maximum atomic E-state index is 11.7. The molecule has 0 saturated heterocycles. The summed E-state index contributed by atoms with van der Waals surface area (Å²) >= 11 is 0. The molecular weight excluding hydrogens is 342 g/mol. The van der Waals surface area contributed by atoms with Crippen molar-refractivity contribution in [2.75, 3.05) is 0 Å². The van der Waals surface area contributed by atoms with Crippen LogP contribution in [0.4, 0.5) is 0 Å². The van der Waals surface area contributed by atoms with E-state index in [-0.39, 0.29) is 23.6 Å². The zero-order chi connectivity index (χ0) is 19.5. The first kappa shape index (κ1) is 22.3. The van der Waals surface area contributed by atoms with E-state index < -0.39 is 14.2 Å². The highest BCUT2D eigenvalue weighted by Gasteiger charge is 2.42. The largest absolute Gasteiger partial charge is 0.517 e. The Hall–Kier alpha value is -0.970. The molecular formula is C20H36B2O5. The van der Waals surface area contributed by atoms with Gasteiger partial charge in [-0.05, 0) is 0 Å². The molecule has 0 aliphatic heterocycles. The molecule has 0 radical (unpaired) electrons. The van der Waals surface area contributed by atoms with Crippen molar-refractivity contribution >= 4 is 26.2 Å². The van der Waals surface area contributed by atoms with Crippen LogP contribution in [0, 0.1) is 0 Å². The summed E-state index contributed by atoms with van der Waals surface area (Å²) in [7, 11) is -1.23. The molecule has 2 saturated carbocycles. The van der Waals surface area contributed by atoms with Gasteiger partial charge in [-0.3, -0.25) is 9.59 Å². The fourth-order valence-electron chi connectivity index (χ4n) is 4.45. The van der Waals surface area contributed by atoms with Crippen molar-refractivity contribution in [3.8, 4) is 0 Å². The van der Waals surface area contributed by atoms with E-state index >= 15 is 0 Å². The van der Waals surface area contributed by atoms with Gasteiger partial charge in [0.05, 0.1) is 0 Å². The van der Waals surface area contributed by atoms with Crippen LogP contribution in [0.15, 0.2) is 0 Å². The summed E-state index contributed by atoms with van der Waals surface area (Å²) in [5, 5.41) is 0. The normalized spacial score (nSPS) is 20.5. The Balaban J connectivity index is 2.09. The second-order valence-corrected chi connectivity index (χ2v) is 8.30. The maximum Gasteiger partial charge on any atom is 0.517 e. The Kier molecular flexibility index (Phi) is 10.3. The summed E-state index contributed by atoms with van der Waals surface area (Å²) in [6, 6.07) is 0. The van der Waals surface area contributed by atoms with Crippen molar-refractivity contribution in [2.24, 2.45) is 0 Å². The zero-order valence-electron chi connectivity index (χ0n) is 17.3. The average Bonchev–Trinajstić information content (AvgIpc) is 2.52. The Morgan fingerprint density at radius 3 is 1.19 bits per heavy atom. The first-order valence-corrected chi connectivity index (χ1v) is 11.1. The van der Waals surface area contributed by atoms with Gasteiger partial charge in [0, 0.05) is 25.5 Å². The summed E-state index contributed by atoms with van der Waals surface area (Å²) < 4.78 is 17.4. The van der Waals surface area contributed by atoms with E-state index in [0.717, 1.165) is 51.4 Å². The smallest absolute Gasteiger partial charge is 0.510 e. The second-order valence-electron chi connectivity index (χ2n) is 8.30. The predicted molar refractivity (Wildman–Crippen MR) is 108 cm³/mol. The topological polar surface area (TPSA) is 61.8 Å². The van der Waals surface area contributed by atoms with E-state index in [1.54, 1.807) is 0 Å². The molecule has 2 aliphatic rings. The fourth-order valence-corrected chi connectivity index (χ4v) is 4.45. The molecule has 0 heterocycles. The van der Waals surface area contributed by atoms with E-state index in [4.69, 9.17) is 13.9 Å². The molecule has 152 valence electrons. The third-order valence-corrected chi connectivity index (χ3v) is 5.90. The molecule has 0 aromatic heterocycles. The molecule has 2 rings (SSSR count). The highest BCUT2D eigenvalue weighted by Crippen LogP contribution is 2.34. The van der Waals surface area contributed by atoms with Crippen LogP contribution in [-0.2, 0) is 23.5 Å². The number of carbonyl (C=O) groups is 2. The van der Waals surface area contributed by atoms with Gasteiger partial charge in [0.15, 0.2) is 0 Å². The second kappa shape index (κ2) is 12.5. The number of hydrogen-bond acceptors (Lipinski definition) is 5. The third kappa shape index (κ3) is 8.71. The highest BCUT2D eigenvalue weighted by molar-refractivity contribution is 6.62. The summed E-state index contributed by atoms with van der Waals surface area (Å²) in [4.78, 5) is 23.4. The average molecular weight is 378 g/mol. The molecule has 0 spiro atoms. The van der Waals surface area contributed by atoms with E-state index in [1.165, 1.54) is 52.4 Å². The monoisotopic (exact) mass is 378 g/mol. The summed E-state index contributed by atoms with van der Waals surface area (Å²) in [5.41, 5.74) is 0. The van der Waals surface area contributed by atoms with Crippen LogP contribution >= 0.6 is 0 Å². The standard InChI is InChI=1S/C20H36B2O5/c1-17(23)25-21(19-13-9-5-3-6-10-14-19)27-22(26-18(2)24)20-15-11-7-4-8-12-16-20/h19-20H,3-16H2,1-2H3. The lowest BCUT2D eigenvalue weighted by atomic mass is 9.59. The van der Waals surface area contributed by atoms with Gasteiger partial charge in [-0.25, -0.2) is 0 Å². The summed E-state index contributed by atoms with van der Waals surface area (Å²) in [6.45, 7) is 2.85. The SMILES string of the molecule is CC(=O)OB(OB(OC(C)=O)C1CCCCCCC1)C1CCCCCCC1. The van der Waals surface area contributed by atoms with Crippen molar-refractivity contribution in [2.45, 2.75) is 115 Å². The Bertz CT molecular complexity index is 404. The predicted octanol–water partition coefficient (Wildman–Crippen LogP) is 5.33. The number of hydrogen-bond donors (Lipinski definition) is 0. The Labute approximate surface area is 165 Å². The lowest BCUT2D eigenvalue weighted by Gasteiger charge is -2.30. The number of rotatable bonds is 6. The molecule has 0 aromatic carbocycles. The zero-order valence-corrected chi connectivity index (χ0v) is 17.3. The fraction of sp³-hybridized carbons (Fsp3) is 0.900. The Morgan fingerprint density at radius 1 is 0.593 bits per heavy atom. The van der Waals surface area contributed by atoms with Gasteiger partial charge in [-0.1, -0.05) is 89.9 Å². The molecule has 2 fully saturated rings. The maximum absolute atomic E-state index is 11.7. The van der Waals surface area contributed by atoms with Crippen LogP contribution in [0.5, 0.6) is 0 Å². The molecule has 2 aliphatic carbocycles. The van der Waals surface area contributed by atoms with Crippen molar-refractivity contribution in [1.82, 2.24) is 0 Å². The van der Waals surface area contributed by atoms with Crippen molar-refractivity contribution in [3.05, 3.63) is 0 Å². The van der Waals surface area contributed by atoms with Gasteiger partial charge in [0.1, 0.15) is 0 Å². The minimum atomic E-state index is -0.615. The lowest BCUT2D eigenvalue weighted by molar-refractivity contribution is -0.133. The highest BCUT2D eigenvalue weighted by atomic mass is 16.7. The van der Waals surface area contributed by atoms with Gasteiger partial charge in [-0.2, -0.15) is 0 Å². The van der Waals surface area contributed by atoms with Crippen LogP contribution in [-0.4, -0.2) is 26.2 Å². The number of carbonyl (C=O) groups excluding carboxylic acids is 2. The molecule has 0 N–H and O–H groups in total. The third-order valence-electron chi connectivity index (χ3n) is 5.90. The molecule has 0 aromatic rings. The van der Waals surface area contributed by atoms with E-state index in [1.807, 2.05) is 0 Å².